The van der Waals surface area contributed by atoms with Gasteiger partial charge in [-0.15, -0.1) is 0 Å². The summed E-state index contributed by atoms with van der Waals surface area (Å²) in [6, 6.07) is 49.1. The van der Waals surface area contributed by atoms with Crippen molar-refractivity contribution in [2.24, 2.45) is 0 Å². The molecule has 12 rings (SSSR count). The van der Waals surface area contributed by atoms with Crippen LogP contribution >= 0.6 is 0 Å². The molecule has 4 aliphatic rings. The van der Waals surface area contributed by atoms with Crippen LogP contribution in [0.5, 0.6) is 11.5 Å². The zero-order chi connectivity index (χ0) is 74.7. The summed E-state index contributed by atoms with van der Waals surface area (Å²) in [5, 5.41) is 7.62. The van der Waals surface area contributed by atoms with E-state index in [4.69, 9.17) is 8.37 Å². The number of sulfonamides is 2. The largest absolute Gasteiger partial charge is 0.534 e. The lowest BCUT2D eigenvalue weighted by Gasteiger charge is -2.48. The summed E-state index contributed by atoms with van der Waals surface area (Å²) in [7, 11) is -14.8. The highest BCUT2D eigenvalue weighted by molar-refractivity contribution is 7.89. The summed E-state index contributed by atoms with van der Waals surface area (Å²) >= 11 is 0. The SMILES string of the molecule is Cc1ccc(S(=O)(=O)N(C)C/C=C(\C(=O)N(Cc2ccccc2)c2ccccc2OS(=O)(=O)C(F)(F)F)c2cccc3c2N[C@@H]2N(C)CC[C@]32[C@@]23CCN(C)[C@@H]2Nc2c(/C(=C/CN(C)S(=O)(=O)c4ccc(C)cc4)C(=O)N(Cc4ccccc4)c4ccccc4OS(=O)(=O)C(F)(F)F)cccc23)cc1. The fraction of sp³-hybridized carbons (Fsp3) is 0.270. The molecule has 546 valence electrons. The second-order valence-electron chi connectivity index (χ2n) is 26.0. The minimum atomic E-state index is -6.34. The average molecular weight is 1510 g/mol. The molecule has 4 heterocycles. The van der Waals surface area contributed by atoms with Gasteiger partial charge in [-0.3, -0.25) is 19.4 Å². The normalized spacial score (nSPS) is 19.4. The van der Waals surface area contributed by atoms with Gasteiger partial charge in [-0.05, 0) is 112 Å². The topological polar surface area (TPSA) is 233 Å². The number of likely N-dealkylation sites (tertiary alicyclic amines) is 2. The highest BCUT2D eigenvalue weighted by atomic mass is 32.2. The van der Waals surface area contributed by atoms with Crippen molar-refractivity contribution in [2.75, 3.05) is 74.8 Å². The van der Waals surface area contributed by atoms with E-state index in [1.807, 2.05) is 26.2 Å². The van der Waals surface area contributed by atoms with Crippen molar-refractivity contribution in [3.63, 3.8) is 0 Å². The van der Waals surface area contributed by atoms with E-state index in [0.717, 1.165) is 41.7 Å². The zero-order valence-corrected chi connectivity index (χ0v) is 60.2. The number of aryl methyl sites for hydroxylation is 2. The van der Waals surface area contributed by atoms with Crippen LogP contribution in [0.3, 0.4) is 0 Å². The van der Waals surface area contributed by atoms with Gasteiger partial charge in [-0.2, -0.15) is 51.8 Å². The number of para-hydroxylation sites is 6. The predicted molar refractivity (Wildman–Crippen MR) is 383 cm³/mol. The highest BCUT2D eigenvalue weighted by Crippen LogP contribution is 2.67. The maximum atomic E-state index is 16.4. The van der Waals surface area contributed by atoms with E-state index >= 15 is 9.59 Å². The Hall–Kier alpha value is -9.40. The minimum Gasteiger partial charge on any atom is -0.374 e. The molecule has 8 aromatic rings. The number of fused-ring (bicyclic) bond motifs is 7. The molecule has 8 aromatic carbocycles. The summed E-state index contributed by atoms with van der Waals surface area (Å²) in [5.41, 5.74) is -9.97. The first-order valence-corrected chi connectivity index (χ1v) is 38.4. The molecule has 0 aliphatic carbocycles. The molecule has 0 saturated carbocycles. The Kier molecular flexibility index (Phi) is 20.2. The molecular weight excluding hydrogens is 1440 g/mol. The monoisotopic (exact) mass is 1510 g/mol. The third-order valence-electron chi connectivity index (χ3n) is 19.7. The number of alkyl halides is 6. The van der Waals surface area contributed by atoms with Crippen molar-refractivity contribution in [1.29, 1.82) is 0 Å². The Morgan fingerprint density at radius 3 is 1.16 bits per heavy atom. The fourth-order valence-corrected chi connectivity index (χ4v) is 17.7. The molecule has 104 heavy (non-hydrogen) atoms. The number of nitrogens with one attached hydrogen (secondary N) is 2. The summed E-state index contributed by atoms with van der Waals surface area (Å²) < 4.78 is 206. The lowest BCUT2D eigenvalue weighted by Crippen LogP contribution is -2.60. The molecule has 0 radical (unpaired) electrons. The number of benzene rings is 8. The third kappa shape index (κ3) is 13.5. The van der Waals surface area contributed by atoms with Gasteiger partial charge in [0.1, 0.15) is 0 Å². The van der Waals surface area contributed by atoms with Gasteiger partial charge < -0.3 is 28.8 Å². The van der Waals surface area contributed by atoms with Crippen LogP contribution in [0.25, 0.3) is 11.1 Å². The quantitative estimate of drug-likeness (QED) is 0.0262. The van der Waals surface area contributed by atoms with Crippen LogP contribution in [-0.4, -0.2) is 142 Å². The summed E-state index contributed by atoms with van der Waals surface area (Å²) in [5.74, 6) is -3.53. The molecule has 2 N–H and O–H groups in total. The molecule has 2 fully saturated rings. The second-order valence-corrected chi connectivity index (χ2v) is 33.2. The molecule has 0 bridgehead atoms. The number of carbonyl (C=O) groups is 2. The van der Waals surface area contributed by atoms with Gasteiger partial charge >= 0.3 is 31.3 Å². The standard InChI is InChI=1S/C74H72F6N8O12S4/c1-49-31-35-53(36-32-49)101(91,92)85(5)43-39-57(67(89)87(47-51-19-9-7-10-20-51)61-27-13-15-29-63(61)99-103(95,96)73(75,76)77)55-23-17-25-59-65(55)81-69-71(59,41-45-83(69)3)72-42-46-84(4)70(72)82-66-56(24-18-26-60(66)72)58(40-44-86(6)102(93,94)54-37-33-50(2)34-38-54)68(90)88(48-52-21-11-8-12-22-52)62-28-14-16-30-64(62)100-104(97,98)74(78,79)80/h7-40,69-70,81-82H,41-48H2,1-6H3/b57-39-,58-40-/t69-,70+,71+,72-. The van der Waals surface area contributed by atoms with Gasteiger partial charge in [0.25, 0.3) is 11.8 Å². The molecule has 0 aromatic heterocycles. The zero-order valence-electron chi connectivity index (χ0n) is 56.9. The predicted octanol–water partition coefficient (Wildman–Crippen LogP) is 12.0. The Labute approximate surface area is 599 Å². The van der Waals surface area contributed by atoms with Crippen LogP contribution in [0.15, 0.2) is 216 Å². The van der Waals surface area contributed by atoms with E-state index in [0.29, 0.717) is 59.6 Å². The minimum absolute atomic E-state index is 0.0640. The number of amides is 2. The maximum Gasteiger partial charge on any atom is 0.534 e. The van der Waals surface area contributed by atoms with Crippen molar-refractivity contribution < 1.29 is 78.0 Å². The van der Waals surface area contributed by atoms with Gasteiger partial charge in [-0.1, -0.05) is 169 Å². The van der Waals surface area contributed by atoms with Crippen LogP contribution in [0.1, 0.15) is 57.3 Å². The van der Waals surface area contributed by atoms with Crippen molar-refractivity contribution in [3.05, 3.63) is 251 Å². The van der Waals surface area contributed by atoms with E-state index in [1.54, 1.807) is 123 Å². The number of rotatable bonds is 23. The summed E-state index contributed by atoms with van der Waals surface area (Å²) in [6.07, 6.45) is 2.33. The molecule has 2 amide bonds. The number of carbonyl (C=O) groups excluding carboxylic acids is 2. The Morgan fingerprint density at radius 1 is 0.481 bits per heavy atom. The lowest BCUT2D eigenvalue weighted by molar-refractivity contribution is -0.114. The van der Waals surface area contributed by atoms with Crippen LogP contribution in [-0.2, 0) is 73.8 Å². The number of nitrogens with zero attached hydrogens (tertiary/aromatic N) is 6. The Morgan fingerprint density at radius 2 is 0.817 bits per heavy atom. The van der Waals surface area contributed by atoms with Gasteiger partial charge in [-0.25, -0.2) is 16.8 Å². The maximum absolute atomic E-state index is 16.4. The molecule has 2 saturated heterocycles. The third-order valence-corrected chi connectivity index (χ3v) is 25.3. The van der Waals surface area contributed by atoms with E-state index in [1.165, 1.54) is 86.9 Å². The Balaban J connectivity index is 1.05. The molecule has 30 heteroatoms. The average Bonchev–Trinajstić information content (AvgIpc) is 1.49. The molecule has 0 spiro atoms. The van der Waals surface area contributed by atoms with Gasteiger partial charge in [0.15, 0.2) is 11.5 Å². The number of anilines is 4. The van der Waals surface area contributed by atoms with Gasteiger partial charge in [0, 0.05) is 84.8 Å². The highest BCUT2D eigenvalue weighted by Gasteiger charge is 2.72. The van der Waals surface area contributed by atoms with E-state index in [9.17, 15) is 60.0 Å². The van der Waals surface area contributed by atoms with E-state index < -0.39 is 122 Å². The van der Waals surface area contributed by atoms with Crippen LogP contribution in [0, 0.1) is 13.8 Å². The van der Waals surface area contributed by atoms with Crippen molar-refractivity contribution in [2.45, 2.75) is 83.7 Å². The molecular formula is C74H72F6N8O12S4. The number of hydrogen-bond acceptors (Lipinski definition) is 16. The first-order chi connectivity index (χ1) is 49.1. The molecule has 4 aliphatic heterocycles. The summed E-state index contributed by atoms with van der Waals surface area (Å²) in [6.45, 7) is 2.82. The van der Waals surface area contributed by atoms with Crippen molar-refractivity contribution >= 4 is 86.0 Å². The van der Waals surface area contributed by atoms with Gasteiger partial charge in [0.05, 0.1) is 46.6 Å². The Bertz CT molecular complexity index is 4850. The van der Waals surface area contributed by atoms with Crippen molar-refractivity contribution in [1.82, 2.24) is 18.4 Å². The van der Waals surface area contributed by atoms with Crippen LogP contribution < -0.4 is 28.8 Å². The van der Waals surface area contributed by atoms with Crippen molar-refractivity contribution in [3.8, 4) is 11.5 Å². The lowest BCUT2D eigenvalue weighted by atomic mass is 9.55. The summed E-state index contributed by atoms with van der Waals surface area (Å²) in [4.78, 5) is 39.0. The fourth-order valence-electron chi connectivity index (χ4n) is 14.5. The molecule has 4 atom stereocenters. The molecule has 0 unspecified atom stereocenters. The number of halogens is 6. The first kappa shape index (κ1) is 74.3. The van der Waals surface area contributed by atoms with Crippen LogP contribution in [0.4, 0.5) is 49.1 Å². The van der Waals surface area contributed by atoms with Crippen LogP contribution in [0.2, 0.25) is 0 Å². The smallest absolute Gasteiger partial charge is 0.374 e. The van der Waals surface area contributed by atoms with Gasteiger partial charge in [0.2, 0.25) is 20.0 Å². The second kappa shape index (κ2) is 28.2. The van der Waals surface area contributed by atoms with E-state index in [2.05, 4.69) is 20.4 Å². The molecule has 20 nitrogen and oxygen atoms in total. The number of hydrogen-bond donors (Lipinski definition) is 2. The number of likely N-dealkylation sites (N-methyl/N-ethyl adjacent to an activating group) is 4. The first-order valence-electron chi connectivity index (χ1n) is 32.7. The van der Waals surface area contributed by atoms with E-state index in [-0.39, 0.29) is 45.2 Å².